The predicted octanol–water partition coefficient (Wildman–Crippen LogP) is 3.94. The number of rotatable bonds is 5. The molecule has 0 saturated carbocycles. The van der Waals surface area contributed by atoms with Crippen molar-refractivity contribution in [3.63, 3.8) is 0 Å². The predicted molar refractivity (Wildman–Crippen MR) is 109 cm³/mol. The Labute approximate surface area is 166 Å². The molecular weight excluding hydrogens is 355 g/mol. The normalized spacial score (nSPS) is 20.2. The van der Waals surface area contributed by atoms with Gasteiger partial charge in [-0.15, -0.1) is 0 Å². The van der Waals surface area contributed by atoms with Gasteiger partial charge in [0.1, 0.15) is 11.6 Å². The van der Waals surface area contributed by atoms with Crippen LogP contribution in [0.1, 0.15) is 30.5 Å². The molecule has 2 aromatic rings. The van der Waals surface area contributed by atoms with E-state index in [0.717, 1.165) is 35.5 Å². The highest BCUT2D eigenvalue weighted by Crippen LogP contribution is 2.21. The number of nitrogens with zero attached hydrogens (tertiary/aromatic N) is 2. The minimum atomic E-state index is -0.218. The van der Waals surface area contributed by atoms with Gasteiger partial charge in [-0.2, -0.15) is 0 Å². The first-order valence-electron chi connectivity index (χ1n) is 9.81. The van der Waals surface area contributed by atoms with Gasteiger partial charge in [-0.05, 0) is 62.6 Å². The lowest BCUT2D eigenvalue weighted by Gasteiger charge is -2.44. The summed E-state index contributed by atoms with van der Waals surface area (Å²) in [5.74, 6) is 0.565. The molecule has 0 radical (unpaired) electrons. The first-order chi connectivity index (χ1) is 13.3. The van der Waals surface area contributed by atoms with Crippen LogP contribution in [-0.4, -0.2) is 47.5 Å². The Kier molecular flexibility index (Phi) is 6.35. The van der Waals surface area contributed by atoms with Crippen molar-refractivity contribution < 1.29 is 13.9 Å². The van der Waals surface area contributed by atoms with Crippen molar-refractivity contribution in [3.05, 3.63) is 65.0 Å². The summed E-state index contributed by atoms with van der Waals surface area (Å²) in [7, 11) is 0. The van der Waals surface area contributed by atoms with E-state index in [1.807, 2.05) is 49.1 Å². The van der Waals surface area contributed by atoms with Crippen LogP contribution in [0.5, 0.6) is 5.75 Å². The summed E-state index contributed by atoms with van der Waals surface area (Å²) in [4.78, 5) is 17.0. The highest BCUT2D eigenvalue weighted by atomic mass is 19.1. The smallest absolute Gasteiger partial charge is 0.260 e. The number of piperazine rings is 1. The molecule has 1 aliphatic heterocycles. The number of halogens is 1. The van der Waals surface area contributed by atoms with Gasteiger partial charge >= 0.3 is 0 Å². The molecule has 5 heteroatoms. The third-order valence-corrected chi connectivity index (χ3v) is 5.43. The molecular formula is C23H29FN2O2. The molecule has 0 aliphatic carbocycles. The third-order valence-electron chi connectivity index (χ3n) is 5.43. The molecule has 0 spiro atoms. The van der Waals surface area contributed by atoms with E-state index in [1.165, 1.54) is 12.1 Å². The second kappa shape index (κ2) is 8.74. The van der Waals surface area contributed by atoms with Gasteiger partial charge in [0, 0.05) is 31.7 Å². The molecule has 1 fully saturated rings. The average molecular weight is 384 g/mol. The molecule has 1 heterocycles. The van der Waals surface area contributed by atoms with Crippen LogP contribution in [0.25, 0.3) is 0 Å². The molecule has 3 rings (SSSR count). The van der Waals surface area contributed by atoms with Crippen molar-refractivity contribution in [3.8, 4) is 5.75 Å². The summed E-state index contributed by atoms with van der Waals surface area (Å²) < 4.78 is 18.9. The Morgan fingerprint density at radius 2 is 1.79 bits per heavy atom. The Hall–Kier alpha value is -2.40. The summed E-state index contributed by atoms with van der Waals surface area (Å²) in [6.07, 6.45) is 0. The van der Waals surface area contributed by atoms with E-state index >= 15 is 0 Å². The van der Waals surface area contributed by atoms with Gasteiger partial charge in [-0.3, -0.25) is 9.69 Å². The van der Waals surface area contributed by atoms with E-state index in [2.05, 4.69) is 18.7 Å². The van der Waals surface area contributed by atoms with Gasteiger partial charge in [-0.1, -0.05) is 24.3 Å². The van der Waals surface area contributed by atoms with E-state index in [4.69, 9.17) is 4.74 Å². The maximum absolute atomic E-state index is 13.1. The zero-order valence-corrected chi connectivity index (χ0v) is 17.1. The summed E-state index contributed by atoms with van der Waals surface area (Å²) in [5.41, 5.74) is 3.23. The molecule has 1 amide bonds. The maximum atomic E-state index is 13.1. The molecule has 4 nitrogen and oxygen atoms in total. The molecule has 28 heavy (non-hydrogen) atoms. The van der Waals surface area contributed by atoms with Crippen LogP contribution in [0.3, 0.4) is 0 Å². The Morgan fingerprint density at radius 1 is 1.07 bits per heavy atom. The largest absolute Gasteiger partial charge is 0.483 e. The highest BCUT2D eigenvalue weighted by molar-refractivity contribution is 5.78. The molecule has 0 aromatic heterocycles. The summed E-state index contributed by atoms with van der Waals surface area (Å²) >= 11 is 0. The van der Waals surface area contributed by atoms with E-state index in [-0.39, 0.29) is 30.4 Å². The lowest BCUT2D eigenvalue weighted by molar-refractivity contribution is -0.139. The molecule has 1 aliphatic rings. The second-order valence-corrected chi connectivity index (χ2v) is 7.86. The fourth-order valence-electron chi connectivity index (χ4n) is 3.68. The number of hydrogen-bond acceptors (Lipinski definition) is 3. The second-order valence-electron chi connectivity index (χ2n) is 7.86. The van der Waals surface area contributed by atoms with Crippen molar-refractivity contribution in [1.29, 1.82) is 0 Å². The quantitative estimate of drug-likeness (QED) is 0.783. The molecule has 150 valence electrons. The number of amides is 1. The first kappa shape index (κ1) is 20.3. The Morgan fingerprint density at radius 3 is 2.50 bits per heavy atom. The number of aryl methyl sites for hydroxylation is 2. The van der Waals surface area contributed by atoms with Crippen LogP contribution < -0.4 is 4.74 Å². The first-order valence-corrected chi connectivity index (χ1v) is 9.81. The maximum Gasteiger partial charge on any atom is 0.260 e. The fourth-order valence-corrected chi connectivity index (χ4v) is 3.68. The molecule has 0 N–H and O–H groups in total. The van der Waals surface area contributed by atoms with Gasteiger partial charge in [-0.25, -0.2) is 4.39 Å². The monoisotopic (exact) mass is 384 g/mol. The highest BCUT2D eigenvalue weighted by Gasteiger charge is 2.32. The van der Waals surface area contributed by atoms with Gasteiger partial charge in [0.25, 0.3) is 5.91 Å². The number of benzene rings is 2. The topological polar surface area (TPSA) is 32.8 Å². The van der Waals surface area contributed by atoms with Crippen LogP contribution >= 0.6 is 0 Å². The minimum Gasteiger partial charge on any atom is -0.483 e. The van der Waals surface area contributed by atoms with Crippen molar-refractivity contribution in [1.82, 2.24) is 9.80 Å². The number of hydrogen-bond donors (Lipinski definition) is 0. The van der Waals surface area contributed by atoms with Gasteiger partial charge < -0.3 is 9.64 Å². The van der Waals surface area contributed by atoms with Crippen LogP contribution in [0.4, 0.5) is 4.39 Å². The van der Waals surface area contributed by atoms with Crippen LogP contribution in [0, 0.1) is 19.7 Å². The van der Waals surface area contributed by atoms with Crippen LogP contribution in [-0.2, 0) is 11.3 Å². The summed E-state index contributed by atoms with van der Waals surface area (Å²) in [5, 5.41) is 0. The van der Waals surface area contributed by atoms with Crippen LogP contribution in [0.15, 0.2) is 42.5 Å². The molecule has 1 saturated heterocycles. The molecule has 2 aromatic carbocycles. The third kappa shape index (κ3) is 4.90. The summed E-state index contributed by atoms with van der Waals surface area (Å²) in [6.45, 7) is 10.5. The Bertz CT molecular complexity index is 822. The van der Waals surface area contributed by atoms with E-state index in [1.54, 1.807) is 0 Å². The lowest BCUT2D eigenvalue weighted by Crippen LogP contribution is -2.58. The number of carbonyl (C=O) groups is 1. The van der Waals surface area contributed by atoms with Crippen molar-refractivity contribution >= 4 is 5.91 Å². The van der Waals surface area contributed by atoms with Crippen molar-refractivity contribution in [2.45, 2.75) is 46.3 Å². The minimum absolute atomic E-state index is 0.0155. The van der Waals surface area contributed by atoms with Crippen molar-refractivity contribution in [2.75, 3.05) is 19.7 Å². The van der Waals surface area contributed by atoms with Crippen molar-refractivity contribution in [2.24, 2.45) is 0 Å². The fraction of sp³-hybridized carbons (Fsp3) is 0.435. The zero-order valence-electron chi connectivity index (χ0n) is 17.1. The SMILES string of the molecule is Cc1ccc(C)c(OCC(=O)N2C[C@H](C)N(Cc3ccc(F)cc3)C[C@H]2C)c1. The molecule has 0 bridgehead atoms. The molecule has 2 atom stereocenters. The van der Waals surface area contributed by atoms with Crippen LogP contribution in [0.2, 0.25) is 0 Å². The molecule has 0 unspecified atom stereocenters. The number of ether oxygens (including phenoxy) is 1. The van der Waals surface area contributed by atoms with Gasteiger partial charge in [0.2, 0.25) is 0 Å². The van der Waals surface area contributed by atoms with Gasteiger partial charge in [0.15, 0.2) is 6.61 Å². The zero-order chi connectivity index (χ0) is 20.3. The standard InChI is InChI=1S/C23H29FN2O2/c1-16-5-6-17(2)22(11-16)28-15-23(27)26-13-18(3)25(12-19(26)4)14-20-7-9-21(24)10-8-20/h5-11,18-19H,12-15H2,1-4H3/t18-,19+/m0/s1. The Balaban J connectivity index is 1.57. The number of carbonyl (C=O) groups excluding carboxylic acids is 1. The lowest BCUT2D eigenvalue weighted by atomic mass is 10.1. The van der Waals surface area contributed by atoms with E-state index in [9.17, 15) is 9.18 Å². The van der Waals surface area contributed by atoms with E-state index < -0.39 is 0 Å². The summed E-state index contributed by atoms with van der Waals surface area (Å²) in [6, 6.07) is 13.0. The average Bonchev–Trinajstić information content (AvgIpc) is 2.66. The van der Waals surface area contributed by atoms with Gasteiger partial charge in [0.05, 0.1) is 0 Å². The van der Waals surface area contributed by atoms with E-state index in [0.29, 0.717) is 6.54 Å².